The first kappa shape index (κ1) is 42.1. The number of halogens is 1. The SMILES string of the molecule is CC(C)(C)OC(=O)N[C@H]1CCCCC/C=C\[C@H]2C[C@@]2(C(=O)NS(=O)(=O)CC(=O)Nc2ccccc2)NC(=O)[C@@H]2C[C@@H](OC(=O)N3Cc4cccc(F)c4C3)CN2C1=O. The molecule has 1 saturated carbocycles. The second-order valence-electron chi connectivity index (χ2n) is 16.1. The molecule has 1 saturated heterocycles. The van der Waals surface area contributed by atoms with E-state index < -0.39 is 92.7 Å². The maximum atomic E-state index is 14.5. The molecule has 2 aromatic carbocycles. The van der Waals surface area contributed by atoms with E-state index in [4.69, 9.17) is 9.47 Å². The molecule has 0 spiro atoms. The van der Waals surface area contributed by atoms with Crippen LogP contribution < -0.4 is 20.7 Å². The van der Waals surface area contributed by atoms with E-state index >= 15 is 0 Å². The van der Waals surface area contributed by atoms with Gasteiger partial charge in [-0.2, -0.15) is 0 Å². The highest BCUT2D eigenvalue weighted by molar-refractivity contribution is 7.90. The Morgan fingerprint density at radius 2 is 1.76 bits per heavy atom. The number of benzene rings is 2. The van der Waals surface area contributed by atoms with Gasteiger partial charge >= 0.3 is 12.2 Å². The van der Waals surface area contributed by atoms with Crippen LogP contribution in [0.2, 0.25) is 0 Å². The summed E-state index contributed by atoms with van der Waals surface area (Å²) in [4.78, 5) is 84.0. The first-order valence-corrected chi connectivity index (χ1v) is 21.0. The second-order valence-corrected chi connectivity index (χ2v) is 17.8. The van der Waals surface area contributed by atoms with Crippen molar-refractivity contribution in [1.29, 1.82) is 0 Å². The number of anilines is 1. The summed E-state index contributed by atoms with van der Waals surface area (Å²) in [6.45, 7) is 4.83. The van der Waals surface area contributed by atoms with Gasteiger partial charge in [0, 0.05) is 30.1 Å². The number of sulfonamides is 1. The molecule has 3 aliphatic heterocycles. The lowest BCUT2D eigenvalue weighted by atomic mass is 10.0. The molecule has 0 bridgehead atoms. The van der Waals surface area contributed by atoms with E-state index in [2.05, 4.69) is 16.0 Å². The van der Waals surface area contributed by atoms with E-state index in [0.29, 0.717) is 42.5 Å². The minimum absolute atomic E-state index is 0.0286. The van der Waals surface area contributed by atoms with Gasteiger partial charge in [0.05, 0.1) is 13.1 Å². The standard InChI is InChI=1S/C40H49FN6O10S/c1-39(2,3)57-37(52)43-31-18-11-6-4-5-8-14-26-20-40(26,36(51)45-58(54,55)24-33(48)42-27-15-9-7-10-16-27)44-34(49)32-19-28(22-47(32)35(31)50)56-38(53)46-21-25-13-12-17-30(41)29(25)23-46/h7-10,12-17,26,28,31-32H,4-6,11,18-24H2,1-3H3,(H,42,48)(H,43,52)(H,44,49)(H,45,51)/b14-8-/t26-,28+,31-,32-,40+/m0/s1. The third-order valence-electron chi connectivity index (χ3n) is 10.4. The molecule has 0 radical (unpaired) electrons. The molecule has 312 valence electrons. The number of nitrogens with zero attached hydrogens (tertiary/aromatic N) is 2. The number of amides is 6. The van der Waals surface area contributed by atoms with Crippen LogP contribution in [0.5, 0.6) is 0 Å². The van der Waals surface area contributed by atoms with Crippen molar-refractivity contribution in [2.45, 2.75) is 108 Å². The molecule has 0 unspecified atom stereocenters. The van der Waals surface area contributed by atoms with Crippen molar-refractivity contribution < 1.29 is 51.0 Å². The molecule has 1 aliphatic carbocycles. The van der Waals surface area contributed by atoms with Crippen LogP contribution in [-0.4, -0.2) is 95.7 Å². The number of carbonyl (C=O) groups excluding carboxylic acids is 6. The van der Waals surface area contributed by atoms with E-state index in [9.17, 15) is 41.6 Å². The van der Waals surface area contributed by atoms with E-state index in [1.807, 2.05) is 10.8 Å². The monoisotopic (exact) mass is 824 g/mol. The number of carbonyl (C=O) groups is 6. The maximum Gasteiger partial charge on any atom is 0.410 e. The van der Waals surface area contributed by atoms with Crippen LogP contribution >= 0.6 is 0 Å². The minimum Gasteiger partial charge on any atom is -0.444 e. The van der Waals surface area contributed by atoms with Gasteiger partial charge in [0.25, 0.3) is 5.91 Å². The van der Waals surface area contributed by atoms with E-state index in [1.54, 1.807) is 69.3 Å². The number of nitrogens with one attached hydrogen (secondary N) is 4. The molecule has 18 heteroatoms. The summed E-state index contributed by atoms with van der Waals surface area (Å²) in [5.74, 6) is -5.56. The summed E-state index contributed by atoms with van der Waals surface area (Å²) in [5.41, 5.74) is -1.28. The fourth-order valence-electron chi connectivity index (χ4n) is 7.50. The second kappa shape index (κ2) is 17.1. The van der Waals surface area contributed by atoms with Crippen molar-refractivity contribution >= 4 is 51.5 Å². The van der Waals surface area contributed by atoms with Crippen molar-refractivity contribution in [3.8, 4) is 0 Å². The third-order valence-corrected chi connectivity index (χ3v) is 11.6. The lowest BCUT2D eigenvalue weighted by Crippen LogP contribution is -2.58. The van der Waals surface area contributed by atoms with Crippen LogP contribution in [0.25, 0.3) is 0 Å². The normalized spacial score (nSPS) is 25.4. The summed E-state index contributed by atoms with van der Waals surface area (Å²) < 4.78 is 53.9. The van der Waals surface area contributed by atoms with Gasteiger partial charge in [0.2, 0.25) is 27.7 Å². The largest absolute Gasteiger partial charge is 0.444 e. The van der Waals surface area contributed by atoms with Crippen LogP contribution in [-0.2, 0) is 51.8 Å². The van der Waals surface area contributed by atoms with Crippen molar-refractivity contribution in [3.05, 3.63) is 77.6 Å². The molecule has 5 atom stereocenters. The lowest BCUT2D eigenvalue weighted by molar-refractivity contribution is -0.141. The molecular weight excluding hydrogens is 776 g/mol. The van der Waals surface area contributed by atoms with Crippen molar-refractivity contribution in [3.63, 3.8) is 0 Å². The van der Waals surface area contributed by atoms with Gasteiger partial charge in [-0.3, -0.25) is 28.8 Å². The summed E-state index contributed by atoms with van der Waals surface area (Å²) in [7, 11) is -4.54. The molecule has 3 heterocycles. The maximum absolute atomic E-state index is 14.5. The first-order valence-electron chi connectivity index (χ1n) is 19.3. The Kier molecular flexibility index (Phi) is 12.4. The van der Waals surface area contributed by atoms with Gasteiger partial charge in [-0.05, 0) is 70.2 Å². The number of ether oxygens (including phenoxy) is 2. The molecule has 6 rings (SSSR count). The molecule has 16 nitrogen and oxygen atoms in total. The van der Waals surface area contributed by atoms with Gasteiger partial charge in [-0.25, -0.2) is 22.4 Å². The van der Waals surface area contributed by atoms with Crippen molar-refractivity contribution in [2.75, 3.05) is 17.6 Å². The molecule has 4 N–H and O–H groups in total. The van der Waals surface area contributed by atoms with E-state index in [0.717, 1.165) is 0 Å². The number of alkyl carbamates (subject to hydrolysis) is 1. The zero-order valence-corrected chi connectivity index (χ0v) is 33.4. The quantitative estimate of drug-likeness (QED) is 0.298. The van der Waals surface area contributed by atoms with Crippen LogP contribution in [0.4, 0.5) is 19.7 Å². The van der Waals surface area contributed by atoms with Crippen molar-refractivity contribution in [2.24, 2.45) is 5.92 Å². The Balaban J connectivity index is 1.23. The number of hydrogen-bond donors (Lipinski definition) is 4. The average Bonchev–Trinajstić information content (AvgIpc) is 3.43. The molecule has 0 aromatic heterocycles. The van der Waals surface area contributed by atoms with Gasteiger partial charge in [-0.1, -0.05) is 55.3 Å². The number of fused-ring (bicyclic) bond motifs is 3. The highest BCUT2D eigenvalue weighted by Crippen LogP contribution is 2.46. The van der Waals surface area contributed by atoms with Gasteiger partial charge in [0.1, 0.15) is 40.9 Å². The van der Waals surface area contributed by atoms with Crippen molar-refractivity contribution in [1.82, 2.24) is 25.2 Å². The molecule has 2 fully saturated rings. The number of hydrogen-bond acceptors (Lipinski definition) is 10. The molecular formula is C40H49FN6O10S. The lowest BCUT2D eigenvalue weighted by Gasteiger charge is -2.30. The fraction of sp³-hybridized carbons (Fsp3) is 0.500. The van der Waals surface area contributed by atoms with Crippen LogP contribution in [0.15, 0.2) is 60.7 Å². The minimum atomic E-state index is -4.54. The molecule has 6 amide bonds. The summed E-state index contributed by atoms with van der Waals surface area (Å²) in [6.07, 6.45) is 3.45. The third kappa shape index (κ3) is 10.3. The van der Waals surface area contributed by atoms with Gasteiger partial charge < -0.3 is 30.3 Å². The summed E-state index contributed by atoms with van der Waals surface area (Å²) in [6, 6.07) is 10.3. The number of rotatable bonds is 7. The Morgan fingerprint density at radius 1 is 1.00 bits per heavy atom. The number of allylic oxidation sites excluding steroid dienone is 1. The summed E-state index contributed by atoms with van der Waals surface area (Å²) in [5, 5.41) is 7.82. The van der Waals surface area contributed by atoms with Gasteiger partial charge in [-0.15, -0.1) is 0 Å². The van der Waals surface area contributed by atoms with Crippen LogP contribution in [0.1, 0.15) is 76.8 Å². The van der Waals surface area contributed by atoms with Crippen LogP contribution in [0.3, 0.4) is 0 Å². The van der Waals surface area contributed by atoms with Gasteiger partial charge in [0.15, 0.2) is 0 Å². The Hall–Kier alpha value is -5.52. The zero-order valence-electron chi connectivity index (χ0n) is 32.6. The summed E-state index contributed by atoms with van der Waals surface area (Å²) >= 11 is 0. The molecule has 58 heavy (non-hydrogen) atoms. The highest BCUT2D eigenvalue weighted by Gasteiger charge is 2.61. The molecule has 4 aliphatic rings. The Bertz CT molecular complexity index is 2080. The Labute approximate surface area is 336 Å². The Morgan fingerprint density at radius 3 is 2.48 bits per heavy atom. The average molecular weight is 825 g/mol. The topological polar surface area (TPSA) is 210 Å². The molecule has 2 aromatic rings. The van der Waals surface area contributed by atoms with E-state index in [1.165, 1.54) is 15.9 Å². The zero-order chi connectivity index (χ0) is 41.8. The van der Waals surface area contributed by atoms with Crippen LogP contribution in [0, 0.1) is 11.7 Å². The first-order chi connectivity index (χ1) is 27.4. The number of para-hydroxylation sites is 1. The smallest absolute Gasteiger partial charge is 0.410 e. The predicted octanol–water partition coefficient (Wildman–Crippen LogP) is 3.62. The van der Waals surface area contributed by atoms with E-state index in [-0.39, 0.29) is 38.9 Å². The highest BCUT2D eigenvalue weighted by atomic mass is 32.2. The fourth-order valence-corrected chi connectivity index (χ4v) is 8.46. The predicted molar refractivity (Wildman–Crippen MR) is 207 cm³/mol.